The number of anilines is 1. The van der Waals surface area contributed by atoms with Crippen molar-refractivity contribution >= 4 is 22.7 Å². The SMILES string of the molecule is C(=NNc1nc(-c2ccccc2)cs1)c1ccccc1-c1cccc(OCc2ccccc2)c1. The van der Waals surface area contributed by atoms with Gasteiger partial charge in [-0.25, -0.2) is 4.98 Å². The first-order valence-electron chi connectivity index (χ1n) is 11.0. The van der Waals surface area contributed by atoms with Crippen LogP contribution >= 0.6 is 11.3 Å². The van der Waals surface area contributed by atoms with Crippen molar-refractivity contribution in [2.24, 2.45) is 5.10 Å². The fraction of sp³-hybridized carbons (Fsp3) is 0.0345. The molecule has 5 aromatic rings. The molecule has 5 heteroatoms. The molecular weight excluding hydrogens is 438 g/mol. The quantitative estimate of drug-likeness (QED) is 0.192. The van der Waals surface area contributed by atoms with E-state index in [1.807, 2.05) is 72.3 Å². The van der Waals surface area contributed by atoms with E-state index in [-0.39, 0.29) is 0 Å². The molecular formula is C29H23N3OS. The highest BCUT2D eigenvalue weighted by Gasteiger charge is 2.06. The molecule has 0 aliphatic carbocycles. The molecule has 0 spiro atoms. The van der Waals surface area contributed by atoms with Crippen molar-refractivity contribution in [3.05, 3.63) is 126 Å². The van der Waals surface area contributed by atoms with Crippen molar-refractivity contribution in [1.82, 2.24) is 4.98 Å². The third-order valence-electron chi connectivity index (χ3n) is 5.29. The van der Waals surface area contributed by atoms with Gasteiger partial charge in [0, 0.05) is 16.5 Å². The van der Waals surface area contributed by atoms with Gasteiger partial charge in [-0.15, -0.1) is 11.3 Å². The summed E-state index contributed by atoms with van der Waals surface area (Å²) in [7, 11) is 0. The highest BCUT2D eigenvalue weighted by atomic mass is 32.1. The predicted molar refractivity (Wildman–Crippen MR) is 141 cm³/mol. The van der Waals surface area contributed by atoms with Crippen LogP contribution in [-0.4, -0.2) is 11.2 Å². The van der Waals surface area contributed by atoms with Crippen LogP contribution in [0.2, 0.25) is 0 Å². The van der Waals surface area contributed by atoms with Gasteiger partial charge in [-0.2, -0.15) is 5.10 Å². The Morgan fingerprint density at radius 2 is 1.53 bits per heavy atom. The molecule has 1 aromatic heterocycles. The number of aromatic nitrogens is 1. The van der Waals surface area contributed by atoms with Crippen LogP contribution in [0.15, 0.2) is 120 Å². The van der Waals surface area contributed by atoms with E-state index in [1.54, 1.807) is 0 Å². The van der Waals surface area contributed by atoms with Gasteiger partial charge in [0.1, 0.15) is 12.4 Å². The lowest BCUT2D eigenvalue weighted by molar-refractivity contribution is 0.306. The average Bonchev–Trinajstić information content (AvgIpc) is 3.38. The van der Waals surface area contributed by atoms with Crippen LogP contribution in [0.4, 0.5) is 5.13 Å². The van der Waals surface area contributed by atoms with Crippen LogP contribution in [0.1, 0.15) is 11.1 Å². The van der Waals surface area contributed by atoms with Crippen molar-refractivity contribution in [2.45, 2.75) is 6.61 Å². The number of hydrazone groups is 1. The molecule has 0 unspecified atom stereocenters. The number of hydrogen-bond acceptors (Lipinski definition) is 5. The number of rotatable bonds is 8. The normalized spacial score (nSPS) is 10.9. The number of thiazole rings is 1. The van der Waals surface area contributed by atoms with Crippen LogP contribution in [0.25, 0.3) is 22.4 Å². The summed E-state index contributed by atoms with van der Waals surface area (Å²) in [6.45, 7) is 0.538. The Labute approximate surface area is 203 Å². The third-order valence-corrected chi connectivity index (χ3v) is 6.04. The van der Waals surface area contributed by atoms with Gasteiger partial charge in [0.05, 0.1) is 11.9 Å². The van der Waals surface area contributed by atoms with E-state index >= 15 is 0 Å². The van der Waals surface area contributed by atoms with Crippen molar-refractivity contribution in [1.29, 1.82) is 0 Å². The molecule has 34 heavy (non-hydrogen) atoms. The van der Waals surface area contributed by atoms with Crippen LogP contribution in [0, 0.1) is 0 Å². The standard InChI is InChI=1S/C29H23N3OS/c1-3-10-22(11-4-1)20-33-26-16-9-15-24(18-26)27-17-8-7-14-25(27)19-30-32-29-31-28(21-34-29)23-12-5-2-6-13-23/h1-19,21H,20H2,(H,31,32). The minimum Gasteiger partial charge on any atom is -0.489 e. The number of ether oxygens (including phenoxy) is 1. The Morgan fingerprint density at radius 3 is 2.38 bits per heavy atom. The minimum atomic E-state index is 0.538. The summed E-state index contributed by atoms with van der Waals surface area (Å²) >= 11 is 1.53. The molecule has 0 aliphatic heterocycles. The summed E-state index contributed by atoms with van der Waals surface area (Å²) in [6, 6.07) is 36.6. The van der Waals surface area contributed by atoms with Gasteiger partial charge in [0.15, 0.2) is 0 Å². The summed E-state index contributed by atoms with van der Waals surface area (Å²) in [5, 5.41) is 7.23. The number of nitrogens with one attached hydrogen (secondary N) is 1. The van der Waals surface area contributed by atoms with Crippen LogP contribution in [0.3, 0.4) is 0 Å². The van der Waals surface area contributed by atoms with Gasteiger partial charge in [0.25, 0.3) is 0 Å². The van der Waals surface area contributed by atoms with Gasteiger partial charge in [0.2, 0.25) is 5.13 Å². The molecule has 1 N–H and O–H groups in total. The summed E-state index contributed by atoms with van der Waals surface area (Å²) in [5.74, 6) is 0.836. The molecule has 0 atom stereocenters. The smallest absolute Gasteiger partial charge is 0.203 e. The number of benzene rings is 4. The van der Waals surface area contributed by atoms with E-state index < -0.39 is 0 Å². The Hall–Kier alpha value is -4.22. The zero-order valence-electron chi connectivity index (χ0n) is 18.5. The summed E-state index contributed by atoms with van der Waals surface area (Å²) in [4.78, 5) is 4.63. The van der Waals surface area contributed by atoms with Crippen molar-refractivity contribution < 1.29 is 4.74 Å². The first-order valence-corrected chi connectivity index (χ1v) is 11.9. The van der Waals surface area contributed by atoms with Gasteiger partial charge in [-0.1, -0.05) is 97.1 Å². The van der Waals surface area contributed by atoms with E-state index in [1.165, 1.54) is 11.3 Å². The Bertz CT molecular complexity index is 1380. The fourth-order valence-corrected chi connectivity index (χ4v) is 4.26. The number of hydrogen-bond donors (Lipinski definition) is 1. The summed E-state index contributed by atoms with van der Waals surface area (Å²) in [5.41, 5.74) is 9.41. The van der Waals surface area contributed by atoms with E-state index in [0.29, 0.717) is 6.61 Å². The lowest BCUT2D eigenvalue weighted by atomic mass is 10.0. The second kappa shape index (κ2) is 10.6. The Kier molecular flexibility index (Phi) is 6.74. The molecule has 0 bridgehead atoms. The largest absolute Gasteiger partial charge is 0.489 e. The molecule has 0 fully saturated rings. The molecule has 5 rings (SSSR count). The molecule has 166 valence electrons. The minimum absolute atomic E-state index is 0.538. The molecule has 1 heterocycles. The van der Waals surface area contributed by atoms with E-state index in [2.05, 4.69) is 64.0 Å². The third kappa shape index (κ3) is 5.39. The van der Waals surface area contributed by atoms with E-state index in [4.69, 9.17) is 4.74 Å². The molecule has 0 aliphatic rings. The van der Waals surface area contributed by atoms with Crippen molar-refractivity contribution in [2.75, 3.05) is 5.43 Å². The van der Waals surface area contributed by atoms with E-state index in [9.17, 15) is 0 Å². The second-order valence-corrected chi connectivity index (χ2v) is 8.52. The Balaban J connectivity index is 1.29. The number of nitrogens with zero attached hydrogens (tertiary/aromatic N) is 2. The lowest BCUT2D eigenvalue weighted by Crippen LogP contribution is -1.96. The van der Waals surface area contributed by atoms with Crippen molar-refractivity contribution in [3.63, 3.8) is 0 Å². The monoisotopic (exact) mass is 461 g/mol. The maximum atomic E-state index is 6.02. The highest BCUT2D eigenvalue weighted by molar-refractivity contribution is 7.14. The van der Waals surface area contributed by atoms with Crippen LogP contribution in [-0.2, 0) is 6.61 Å². The predicted octanol–water partition coefficient (Wildman–Crippen LogP) is 7.50. The molecule has 0 saturated carbocycles. The Morgan fingerprint density at radius 1 is 0.794 bits per heavy atom. The van der Waals surface area contributed by atoms with Gasteiger partial charge < -0.3 is 4.74 Å². The maximum absolute atomic E-state index is 6.02. The zero-order valence-corrected chi connectivity index (χ0v) is 19.3. The molecule has 0 radical (unpaired) electrons. The molecule has 4 nitrogen and oxygen atoms in total. The van der Waals surface area contributed by atoms with Gasteiger partial charge in [-0.05, 0) is 28.8 Å². The summed E-state index contributed by atoms with van der Waals surface area (Å²) in [6.07, 6.45) is 1.83. The fourth-order valence-electron chi connectivity index (χ4n) is 3.59. The van der Waals surface area contributed by atoms with Gasteiger partial charge >= 0.3 is 0 Å². The lowest BCUT2D eigenvalue weighted by Gasteiger charge is -2.10. The van der Waals surface area contributed by atoms with Crippen LogP contribution in [0.5, 0.6) is 5.75 Å². The highest BCUT2D eigenvalue weighted by Crippen LogP contribution is 2.27. The zero-order chi connectivity index (χ0) is 23.0. The molecule has 0 saturated heterocycles. The van der Waals surface area contributed by atoms with E-state index in [0.717, 1.165) is 44.4 Å². The molecule has 4 aromatic carbocycles. The summed E-state index contributed by atoms with van der Waals surface area (Å²) < 4.78 is 6.02. The maximum Gasteiger partial charge on any atom is 0.203 e. The van der Waals surface area contributed by atoms with Crippen LogP contribution < -0.4 is 10.2 Å². The topological polar surface area (TPSA) is 46.5 Å². The first-order chi connectivity index (χ1) is 16.8. The van der Waals surface area contributed by atoms with Gasteiger partial charge in [-0.3, -0.25) is 5.43 Å². The van der Waals surface area contributed by atoms with Crippen molar-refractivity contribution in [3.8, 4) is 28.1 Å². The average molecular weight is 462 g/mol. The molecule has 0 amide bonds. The first kappa shape index (κ1) is 21.6. The second-order valence-electron chi connectivity index (χ2n) is 7.66.